The van der Waals surface area contributed by atoms with Gasteiger partial charge in [0.05, 0.1) is 12.7 Å². The molecule has 9 atom stereocenters. The highest BCUT2D eigenvalue weighted by molar-refractivity contribution is 5.66. The van der Waals surface area contributed by atoms with Crippen molar-refractivity contribution < 1.29 is 14.6 Å². The molecular weight excluding hydrogens is 410 g/mol. The van der Waals surface area contributed by atoms with Crippen LogP contribution in [0.4, 0.5) is 4.79 Å². The Morgan fingerprint density at radius 3 is 2.45 bits per heavy atom. The summed E-state index contributed by atoms with van der Waals surface area (Å²) in [6, 6.07) is 0. The second kappa shape index (κ2) is 9.36. The zero-order valence-electron chi connectivity index (χ0n) is 22.3. The summed E-state index contributed by atoms with van der Waals surface area (Å²) in [5.41, 5.74) is 0.478. The third-order valence-corrected chi connectivity index (χ3v) is 11.4. The Morgan fingerprint density at radius 2 is 1.76 bits per heavy atom. The van der Waals surface area contributed by atoms with Gasteiger partial charge >= 0.3 is 6.09 Å². The van der Waals surface area contributed by atoms with E-state index in [-0.39, 0.29) is 6.09 Å². The summed E-state index contributed by atoms with van der Waals surface area (Å²) in [7, 11) is 1.44. The van der Waals surface area contributed by atoms with E-state index < -0.39 is 5.60 Å². The molecule has 0 aliphatic heterocycles. The van der Waals surface area contributed by atoms with Crippen molar-refractivity contribution in [1.82, 2.24) is 5.32 Å². The minimum Gasteiger partial charge on any atom is -0.453 e. The number of fused-ring (bicyclic) bond motifs is 5. The van der Waals surface area contributed by atoms with Crippen LogP contribution < -0.4 is 5.32 Å². The number of aliphatic hydroxyl groups is 1. The number of carbonyl (C=O) groups is 1. The maximum atomic E-state index is 11.5. The molecule has 2 N–H and O–H groups in total. The standard InChI is InChI=1S/C29H51NO3/c1-19(13-16-30-26(31)33-6)23-9-10-24-22-8-7-21-17-20(18-27(2,3)32)11-14-28(21,4)25(22)12-15-29(23,24)5/h19-25,32H,7-18H2,1-6H3,(H,30,31)/t19-,20-,21-,22+,23-,24+,25+,28+,29-/m1/s1. The molecule has 1 amide bonds. The Labute approximate surface area is 203 Å². The zero-order valence-corrected chi connectivity index (χ0v) is 22.3. The van der Waals surface area contributed by atoms with Crippen LogP contribution in [0.5, 0.6) is 0 Å². The molecule has 4 saturated carbocycles. The minimum absolute atomic E-state index is 0.305. The first kappa shape index (κ1) is 25.3. The quantitative estimate of drug-likeness (QED) is 0.457. The highest BCUT2D eigenvalue weighted by Gasteiger charge is 2.60. The third-order valence-electron chi connectivity index (χ3n) is 11.4. The molecule has 4 nitrogen and oxygen atoms in total. The number of hydrogen-bond acceptors (Lipinski definition) is 3. The van der Waals surface area contributed by atoms with Gasteiger partial charge in [-0.15, -0.1) is 0 Å². The maximum Gasteiger partial charge on any atom is 0.406 e. The SMILES string of the molecule is COC(=O)NCC[C@@H](C)[C@H]1CC[C@H]2[C@@H]3CC[C@@H]4C[C@H](CC(C)(C)O)CC[C@]4(C)[C@H]3CC[C@]12C. The molecule has 0 spiro atoms. The third kappa shape index (κ3) is 4.84. The lowest BCUT2D eigenvalue weighted by atomic mass is 9.43. The molecule has 0 aromatic carbocycles. The molecule has 4 heteroatoms. The van der Waals surface area contributed by atoms with Gasteiger partial charge in [-0.3, -0.25) is 0 Å². The highest BCUT2D eigenvalue weighted by Crippen LogP contribution is 2.68. The van der Waals surface area contributed by atoms with Crippen LogP contribution in [-0.2, 0) is 4.74 Å². The van der Waals surface area contributed by atoms with Crippen LogP contribution in [0, 0.1) is 52.3 Å². The van der Waals surface area contributed by atoms with Gasteiger partial charge in [0.15, 0.2) is 0 Å². The van der Waals surface area contributed by atoms with Gasteiger partial charge < -0.3 is 15.2 Å². The Kier molecular flexibility index (Phi) is 7.18. The van der Waals surface area contributed by atoms with E-state index in [9.17, 15) is 9.90 Å². The lowest BCUT2D eigenvalue weighted by molar-refractivity contribution is -0.124. The fourth-order valence-corrected chi connectivity index (χ4v) is 9.89. The minimum atomic E-state index is -0.524. The smallest absolute Gasteiger partial charge is 0.406 e. The van der Waals surface area contributed by atoms with Crippen LogP contribution in [0.1, 0.15) is 105 Å². The summed E-state index contributed by atoms with van der Waals surface area (Å²) in [5.74, 6) is 5.74. The van der Waals surface area contributed by atoms with Gasteiger partial charge in [0.2, 0.25) is 0 Å². The van der Waals surface area contributed by atoms with Crippen molar-refractivity contribution in [3.8, 4) is 0 Å². The summed E-state index contributed by atoms with van der Waals surface area (Å²) in [6.45, 7) is 12.4. The van der Waals surface area contributed by atoms with E-state index in [1.165, 1.54) is 64.9 Å². The zero-order chi connectivity index (χ0) is 24.0. The van der Waals surface area contributed by atoms with Crippen LogP contribution in [0.2, 0.25) is 0 Å². The van der Waals surface area contributed by atoms with Gasteiger partial charge in [-0.2, -0.15) is 0 Å². The van der Waals surface area contributed by atoms with Crippen molar-refractivity contribution >= 4 is 6.09 Å². The van der Waals surface area contributed by atoms with Crippen molar-refractivity contribution in [1.29, 1.82) is 0 Å². The Bertz CT molecular complexity index is 701. The summed E-state index contributed by atoms with van der Waals surface area (Å²) in [6.07, 6.45) is 14.2. The summed E-state index contributed by atoms with van der Waals surface area (Å²) in [5, 5.41) is 13.3. The lowest BCUT2D eigenvalue weighted by Gasteiger charge is -2.61. The van der Waals surface area contributed by atoms with E-state index in [2.05, 4.69) is 26.1 Å². The van der Waals surface area contributed by atoms with E-state index >= 15 is 0 Å². The molecule has 33 heavy (non-hydrogen) atoms. The van der Waals surface area contributed by atoms with Crippen molar-refractivity contribution in [2.75, 3.05) is 13.7 Å². The number of methoxy groups -OCH3 is 1. The summed E-state index contributed by atoms with van der Waals surface area (Å²) >= 11 is 0. The number of nitrogens with one attached hydrogen (secondary N) is 1. The van der Waals surface area contributed by atoms with Gasteiger partial charge in [-0.05, 0) is 137 Å². The highest BCUT2D eigenvalue weighted by atomic mass is 16.5. The van der Waals surface area contributed by atoms with Gasteiger partial charge in [0, 0.05) is 6.54 Å². The Hall–Kier alpha value is -0.770. The van der Waals surface area contributed by atoms with Crippen LogP contribution in [0.25, 0.3) is 0 Å². The molecule has 4 fully saturated rings. The number of rotatable bonds is 6. The van der Waals surface area contributed by atoms with E-state index in [1.807, 2.05) is 13.8 Å². The summed E-state index contributed by atoms with van der Waals surface area (Å²) in [4.78, 5) is 11.5. The van der Waals surface area contributed by atoms with Crippen molar-refractivity contribution in [2.45, 2.75) is 111 Å². The van der Waals surface area contributed by atoms with Gasteiger partial charge in [-0.25, -0.2) is 4.79 Å². The number of amides is 1. The predicted molar refractivity (Wildman–Crippen MR) is 134 cm³/mol. The molecule has 0 bridgehead atoms. The Morgan fingerprint density at radius 1 is 1.06 bits per heavy atom. The monoisotopic (exact) mass is 461 g/mol. The number of alkyl carbamates (subject to hydrolysis) is 1. The fraction of sp³-hybridized carbons (Fsp3) is 0.966. The van der Waals surface area contributed by atoms with E-state index in [1.54, 1.807) is 0 Å². The van der Waals surface area contributed by atoms with E-state index in [0.717, 1.165) is 49.0 Å². The lowest BCUT2D eigenvalue weighted by Crippen LogP contribution is -2.54. The molecule has 0 aromatic heterocycles. The molecule has 0 heterocycles. The number of ether oxygens (including phenoxy) is 1. The normalized spacial score (nSPS) is 43.7. The first-order chi connectivity index (χ1) is 15.5. The Balaban J connectivity index is 1.41. The summed E-state index contributed by atoms with van der Waals surface area (Å²) < 4.78 is 4.74. The molecule has 4 aliphatic carbocycles. The van der Waals surface area contributed by atoms with Crippen molar-refractivity contribution in [3.05, 3.63) is 0 Å². The van der Waals surface area contributed by atoms with Crippen LogP contribution >= 0.6 is 0 Å². The molecule has 0 unspecified atom stereocenters. The molecule has 4 rings (SSSR count). The van der Waals surface area contributed by atoms with Crippen LogP contribution in [0.15, 0.2) is 0 Å². The van der Waals surface area contributed by atoms with Gasteiger partial charge in [0.25, 0.3) is 0 Å². The number of hydrogen-bond donors (Lipinski definition) is 2. The first-order valence-corrected chi connectivity index (χ1v) is 14.0. The van der Waals surface area contributed by atoms with Gasteiger partial charge in [-0.1, -0.05) is 20.8 Å². The van der Waals surface area contributed by atoms with Crippen LogP contribution in [-0.4, -0.2) is 30.5 Å². The second-order valence-electron chi connectivity index (χ2n) is 13.7. The fourth-order valence-electron chi connectivity index (χ4n) is 9.89. The van der Waals surface area contributed by atoms with E-state index in [4.69, 9.17) is 4.74 Å². The molecule has 4 aliphatic rings. The van der Waals surface area contributed by atoms with Crippen molar-refractivity contribution in [2.24, 2.45) is 52.3 Å². The maximum absolute atomic E-state index is 11.5. The second-order valence-corrected chi connectivity index (χ2v) is 13.7. The molecule has 0 saturated heterocycles. The molecule has 0 aromatic rings. The average Bonchev–Trinajstić information content (AvgIpc) is 3.10. The predicted octanol–water partition coefficient (Wildman–Crippen LogP) is 6.80. The van der Waals surface area contributed by atoms with Gasteiger partial charge in [0.1, 0.15) is 0 Å². The molecular formula is C29H51NO3. The van der Waals surface area contributed by atoms with E-state index in [0.29, 0.717) is 22.7 Å². The number of carbonyl (C=O) groups excluding carboxylic acids is 1. The average molecular weight is 462 g/mol. The topological polar surface area (TPSA) is 58.6 Å². The van der Waals surface area contributed by atoms with Crippen LogP contribution in [0.3, 0.4) is 0 Å². The largest absolute Gasteiger partial charge is 0.453 e. The van der Waals surface area contributed by atoms with Crippen molar-refractivity contribution in [3.63, 3.8) is 0 Å². The molecule has 190 valence electrons. The first-order valence-electron chi connectivity index (χ1n) is 14.0. The molecule has 0 radical (unpaired) electrons.